The Morgan fingerprint density at radius 1 is 0.933 bits per heavy atom. The Morgan fingerprint density at radius 3 is 2.16 bits per heavy atom. The summed E-state index contributed by atoms with van der Waals surface area (Å²) in [5, 5.41) is 42.3. The molecule has 8 N–H and O–H groups in total. The fourth-order valence-electron chi connectivity index (χ4n) is 4.69. The van der Waals surface area contributed by atoms with Crippen LogP contribution in [0.2, 0.25) is 0 Å². The zero-order chi connectivity index (χ0) is 33.6. The number of aromatic nitrogens is 1. The van der Waals surface area contributed by atoms with Gasteiger partial charge in [-0.25, -0.2) is 0 Å². The maximum Gasteiger partial charge on any atom is 0.244 e. The molecule has 13 heteroatoms. The Morgan fingerprint density at radius 2 is 1.60 bits per heavy atom. The Labute approximate surface area is 264 Å². The maximum atomic E-state index is 13.5. The summed E-state index contributed by atoms with van der Waals surface area (Å²) < 4.78 is 0. The first-order valence-corrected chi connectivity index (χ1v) is 14.9. The molecule has 0 fully saturated rings. The van der Waals surface area contributed by atoms with Crippen molar-refractivity contribution in [2.45, 2.75) is 89.9 Å². The molecular formula is C32H45N7O6. The second kappa shape index (κ2) is 17.8. The van der Waals surface area contributed by atoms with E-state index in [2.05, 4.69) is 26.3 Å². The second-order valence-corrected chi connectivity index (χ2v) is 11.8. The second-order valence-electron chi connectivity index (χ2n) is 11.8. The zero-order valence-corrected chi connectivity index (χ0v) is 26.2. The molecule has 0 bridgehead atoms. The average Bonchev–Trinajstić information content (AvgIpc) is 2.96. The van der Waals surface area contributed by atoms with Gasteiger partial charge in [0, 0.05) is 12.7 Å². The van der Waals surface area contributed by atoms with Crippen LogP contribution < -0.4 is 27.0 Å². The van der Waals surface area contributed by atoms with E-state index in [1.807, 2.05) is 39.8 Å². The minimum absolute atomic E-state index is 0.0217. The number of nitrogens with zero attached hydrogens (tertiary/aromatic N) is 2. The van der Waals surface area contributed by atoms with E-state index < -0.39 is 66.4 Å². The molecule has 0 unspecified atom stereocenters. The van der Waals surface area contributed by atoms with E-state index in [9.17, 15) is 34.7 Å². The number of carbonyl (C=O) groups is 4. The number of nitrogens with two attached hydrogens (primary N) is 1. The molecule has 1 aromatic heterocycles. The zero-order valence-electron chi connectivity index (χ0n) is 26.2. The van der Waals surface area contributed by atoms with Gasteiger partial charge in [-0.2, -0.15) is 5.26 Å². The molecular weight excluding hydrogens is 578 g/mol. The van der Waals surface area contributed by atoms with Gasteiger partial charge in [0.15, 0.2) is 5.79 Å². The molecule has 4 amide bonds. The monoisotopic (exact) mass is 623 g/mol. The highest BCUT2D eigenvalue weighted by Gasteiger charge is 2.40. The number of nitrogens with one attached hydrogen (secondary N) is 4. The first-order valence-electron chi connectivity index (χ1n) is 14.9. The largest absolute Gasteiger partial charge is 0.368 e. The van der Waals surface area contributed by atoms with E-state index in [1.165, 1.54) is 0 Å². The lowest BCUT2D eigenvalue weighted by molar-refractivity contribution is -0.192. The predicted octanol–water partition coefficient (Wildman–Crippen LogP) is 0.409. The van der Waals surface area contributed by atoms with Crippen LogP contribution in [0.3, 0.4) is 0 Å². The molecule has 0 aliphatic rings. The van der Waals surface area contributed by atoms with Gasteiger partial charge in [-0.15, -0.1) is 0 Å². The van der Waals surface area contributed by atoms with Gasteiger partial charge < -0.3 is 31.9 Å². The number of pyridine rings is 1. The summed E-state index contributed by atoms with van der Waals surface area (Å²) in [6.07, 6.45) is 0.478. The van der Waals surface area contributed by atoms with Crippen molar-refractivity contribution in [1.29, 1.82) is 5.26 Å². The van der Waals surface area contributed by atoms with E-state index >= 15 is 0 Å². The molecule has 2 rings (SSSR count). The van der Waals surface area contributed by atoms with Gasteiger partial charge in [-0.05, 0) is 42.4 Å². The summed E-state index contributed by atoms with van der Waals surface area (Å²) in [7, 11) is 0. The molecule has 2 aromatic rings. The Kier molecular flexibility index (Phi) is 14.6. The van der Waals surface area contributed by atoms with Gasteiger partial charge in [0.05, 0.1) is 36.7 Å². The highest BCUT2D eigenvalue weighted by atomic mass is 16.5. The third-order valence-electron chi connectivity index (χ3n) is 7.07. The van der Waals surface area contributed by atoms with Gasteiger partial charge in [-0.3, -0.25) is 29.5 Å². The molecule has 0 spiro atoms. The van der Waals surface area contributed by atoms with E-state index in [0.29, 0.717) is 12.1 Å². The van der Waals surface area contributed by atoms with E-state index in [4.69, 9.17) is 5.73 Å². The van der Waals surface area contributed by atoms with Gasteiger partial charge >= 0.3 is 0 Å². The van der Waals surface area contributed by atoms with Gasteiger partial charge in [0.1, 0.15) is 12.1 Å². The molecule has 0 aliphatic carbocycles. The SMILES string of the molecule is CC(C)C[C@H](NC(=O)[C@H](CC#N)NC(=O)CC(O)(O)[C@H](Cc1ccccc1)NC(=O)[C@@H](NCc1ccccn1)C(C)C)C(N)=O. The van der Waals surface area contributed by atoms with Gasteiger partial charge in [0.2, 0.25) is 23.6 Å². The molecule has 1 heterocycles. The van der Waals surface area contributed by atoms with Gasteiger partial charge in [-0.1, -0.05) is 64.1 Å². The van der Waals surface area contributed by atoms with Crippen molar-refractivity contribution in [2.24, 2.45) is 17.6 Å². The van der Waals surface area contributed by atoms with E-state index in [1.54, 1.807) is 48.7 Å². The minimum Gasteiger partial charge on any atom is -0.368 e. The number of hydrogen-bond acceptors (Lipinski definition) is 9. The lowest BCUT2D eigenvalue weighted by Crippen LogP contribution is -2.60. The van der Waals surface area contributed by atoms with Crippen LogP contribution in [-0.2, 0) is 32.1 Å². The lowest BCUT2D eigenvalue weighted by atomic mass is 9.94. The summed E-state index contributed by atoms with van der Waals surface area (Å²) in [5.74, 6) is -5.99. The smallest absolute Gasteiger partial charge is 0.244 e. The quantitative estimate of drug-likeness (QED) is 0.114. The van der Waals surface area contributed by atoms with Crippen molar-refractivity contribution in [2.75, 3.05) is 0 Å². The number of rotatable bonds is 18. The highest BCUT2D eigenvalue weighted by molar-refractivity contribution is 5.92. The van der Waals surface area contributed by atoms with Crippen LogP contribution in [0.5, 0.6) is 0 Å². The summed E-state index contributed by atoms with van der Waals surface area (Å²) >= 11 is 0. The van der Waals surface area contributed by atoms with Crippen molar-refractivity contribution in [3.63, 3.8) is 0 Å². The maximum absolute atomic E-state index is 13.5. The number of benzene rings is 1. The van der Waals surface area contributed by atoms with Crippen molar-refractivity contribution >= 4 is 23.6 Å². The van der Waals surface area contributed by atoms with Crippen LogP contribution in [0.1, 0.15) is 58.2 Å². The molecule has 244 valence electrons. The fourth-order valence-corrected chi connectivity index (χ4v) is 4.69. The molecule has 0 radical (unpaired) electrons. The van der Waals surface area contributed by atoms with Crippen LogP contribution in [0.25, 0.3) is 0 Å². The van der Waals surface area contributed by atoms with Crippen LogP contribution in [-0.4, -0.2) is 68.8 Å². The summed E-state index contributed by atoms with van der Waals surface area (Å²) in [4.78, 5) is 55.5. The number of aliphatic hydroxyl groups is 2. The lowest BCUT2D eigenvalue weighted by Gasteiger charge is -2.34. The number of amides is 4. The molecule has 0 saturated carbocycles. The average molecular weight is 624 g/mol. The minimum atomic E-state index is -2.76. The first-order chi connectivity index (χ1) is 21.2. The van der Waals surface area contributed by atoms with Gasteiger partial charge in [0.25, 0.3) is 0 Å². The molecule has 13 nitrogen and oxygen atoms in total. The Balaban J connectivity index is 2.22. The van der Waals surface area contributed by atoms with Crippen LogP contribution >= 0.6 is 0 Å². The number of nitriles is 1. The van der Waals surface area contributed by atoms with Crippen molar-refractivity contribution in [3.05, 3.63) is 66.0 Å². The third kappa shape index (κ3) is 12.6. The van der Waals surface area contributed by atoms with Crippen molar-refractivity contribution in [1.82, 2.24) is 26.3 Å². The standard InChI is InChI=1S/C32H45N7O6/c1-20(2)16-25(29(34)41)38-30(42)24(13-14-33)37-27(40)18-32(44,45)26(17-22-10-6-5-7-11-22)39-31(43)28(21(3)4)36-19-23-12-8-9-15-35-23/h5-12,15,20-21,24-26,28,36,44-45H,13,16-19H2,1-4H3,(H2,34,41)(H,37,40)(H,38,42)(H,39,43)/t24-,25-,26-,28-/m0/s1. The topological polar surface area (TPSA) is 220 Å². The fraction of sp³-hybridized carbons (Fsp3) is 0.500. The summed E-state index contributed by atoms with van der Waals surface area (Å²) in [6, 6.07) is 11.5. The highest BCUT2D eigenvalue weighted by Crippen LogP contribution is 2.19. The number of carbonyl (C=O) groups excluding carboxylic acids is 4. The molecule has 0 saturated heterocycles. The normalized spacial score (nSPS) is 14.1. The Bertz CT molecular complexity index is 1300. The van der Waals surface area contributed by atoms with Crippen LogP contribution in [0.4, 0.5) is 0 Å². The molecule has 1 aromatic carbocycles. The Hall–Kier alpha value is -4.38. The molecule has 0 aliphatic heterocycles. The third-order valence-corrected chi connectivity index (χ3v) is 7.07. The summed E-state index contributed by atoms with van der Waals surface area (Å²) in [6.45, 7) is 7.64. The summed E-state index contributed by atoms with van der Waals surface area (Å²) in [5.41, 5.74) is 6.79. The van der Waals surface area contributed by atoms with E-state index in [-0.39, 0.29) is 24.7 Å². The van der Waals surface area contributed by atoms with Crippen LogP contribution in [0.15, 0.2) is 54.7 Å². The van der Waals surface area contributed by atoms with Crippen molar-refractivity contribution in [3.8, 4) is 6.07 Å². The molecule has 4 atom stereocenters. The number of hydrogen-bond donors (Lipinski definition) is 7. The molecule has 45 heavy (non-hydrogen) atoms. The van der Waals surface area contributed by atoms with E-state index in [0.717, 1.165) is 5.69 Å². The van der Waals surface area contributed by atoms with Crippen molar-refractivity contribution < 1.29 is 29.4 Å². The predicted molar refractivity (Wildman–Crippen MR) is 166 cm³/mol. The first kappa shape index (κ1) is 36.8. The van der Waals surface area contributed by atoms with Crippen LogP contribution in [0, 0.1) is 23.2 Å². The number of primary amides is 1.